The number of hydrogen-bond donors (Lipinski definition) is 0. The Morgan fingerprint density at radius 2 is 1.84 bits per heavy atom. The van der Waals surface area contributed by atoms with Crippen LogP contribution in [0.3, 0.4) is 0 Å². The van der Waals surface area contributed by atoms with Gasteiger partial charge in [-0.2, -0.15) is 11.8 Å². The summed E-state index contributed by atoms with van der Waals surface area (Å²) >= 11 is 1.70. The minimum Gasteiger partial charge on any atom is -0.497 e. The number of benzene rings is 1. The predicted octanol–water partition coefficient (Wildman–Crippen LogP) is 2.76. The van der Waals surface area contributed by atoms with Crippen molar-refractivity contribution in [1.29, 1.82) is 0 Å². The second-order valence-electron chi connectivity index (χ2n) is 3.99. The van der Waals surface area contributed by atoms with E-state index in [1.165, 1.54) is 7.11 Å². The van der Waals surface area contributed by atoms with Crippen molar-refractivity contribution in [2.75, 3.05) is 26.6 Å². The number of carbonyl (C=O) groups excluding carboxylic acids is 1. The number of hydrogen-bond acceptors (Lipinski definition) is 5. The van der Waals surface area contributed by atoms with E-state index in [-0.39, 0.29) is 11.2 Å². The van der Waals surface area contributed by atoms with Crippen LogP contribution in [0, 0.1) is 0 Å². The monoisotopic (exact) mass is 284 g/mol. The number of esters is 1. The van der Waals surface area contributed by atoms with Crippen molar-refractivity contribution >= 4 is 17.7 Å². The zero-order valence-corrected chi connectivity index (χ0v) is 12.4. The number of ether oxygens (including phenoxy) is 3. The molecule has 106 valence electrons. The second kappa shape index (κ2) is 8.69. The van der Waals surface area contributed by atoms with Crippen LogP contribution in [0.4, 0.5) is 0 Å². The van der Waals surface area contributed by atoms with E-state index in [9.17, 15) is 4.79 Å². The molecule has 4 nitrogen and oxygen atoms in total. The van der Waals surface area contributed by atoms with Crippen LogP contribution in [0.5, 0.6) is 11.5 Å². The topological polar surface area (TPSA) is 44.8 Å². The zero-order valence-electron chi connectivity index (χ0n) is 11.5. The molecule has 1 unspecified atom stereocenters. The molecule has 5 heteroatoms. The molecule has 0 aromatic heterocycles. The van der Waals surface area contributed by atoms with E-state index >= 15 is 0 Å². The number of methoxy groups -OCH3 is 2. The van der Waals surface area contributed by atoms with Crippen LogP contribution in [0.2, 0.25) is 0 Å². The summed E-state index contributed by atoms with van der Waals surface area (Å²) in [5, 5.41) is 0.243. The molecule has 1 aromatic rings. The van der Waals surface area contributed by atoms with Gasteiger partial charge in [-0.05, 0) is 24.3 Å². The summed E-state index contributed by atoms with van der Waals surface area (Å²) in [5.74, 6) is 2.30. The summed E-state index contributed by atoms with van der Waals surface area (Å²) in [6, 6.07) is 7.48. The normalized spacial score (nSPS) is 11.7. The third-order valence-electron chi connectivity index (χ3n) is 2.50. The molecule has 1 aromatic carbocycles. The molecule has 0 N–H and O–H groups in total. The van der Waals surface area contributed by atoms with Gasteiger partial charge in [0, 0.05) is 11.0 Å². The Balaban J connectivity index is 2.17. The van der Waals surface area contributed by atoms with E-state index in [0.29, 0.717) is 13.0 Å². The fourth-order valence-corrected chi connectivity index (χ4v) is 2.29. The van der Waals surface area contributed by atoms with Gasteiger partial charge in [-0.3, -0.25) is 4.79 Å². The Morgan fingerprint density at radius 3 is 2.42 bits per heavy atom. The molecule has 0 radical (unpaired) electrons. The van der Waals surface area contributed by atoms with Crippen molar-refractivity contribution in [3.8, 4) is 11.5 Å². The Bertz CT molecular complexity index is 378. The van der Waals surface area contributed by atoms with Crippen LogP contribution in [-0.4, -0.2) is 37.8 Å². The number of rotatable bonds is 8. The molecule has 19 heavy (non-hydrogen) atoms. The van der Waals surface area contributed by atoms with E-state index < -0.39 is 0 Å². The van der Waals surface area contributed by atoms with Gasteiger partial charge in [-0.15, -0.1) is 0 Å². The van der Waals surface area contributed by atoms with Gasteiger partial charge >= 0.3 is 5.97 Å². The predicted molar refractivity (Wildman–Crippen MR) is 77.0 cm³/mol. The summed E-state index contributed by atoms with van der Waals surface area (Å²) in [5.41, 5.74) is 0. The molecule has 0 aliphatic rings. The SMILES string of the molecule is COC(=O)CC(C)SCCOc1ccc(OC)cc1. The summed E-state index contributed by atoms with van der Waals surface area (Å²) in [4.78, 5) is 11.1. The molecule has 1 rings (SSSR count). The second-order valence-corrected chi connectivity index (χ2v) is 5.53. The van der Waals surface area contributed by atoms with E-state index in [2.05, 4.69) is 4.74 Å². The zero-order chi connectivity index (χ0) is 14.1. The lowest BCUT2D eigenvalue weighted by Gasteiger charge is -2.10. The molecule has 0 saturated carbocycles. The highest BCUT2D eigenvalue weighted by molar-refractivity contribution is 7.99. The fourth-order valence-electron chi connectivity index (χ4n) is 1.46. The van der Waals surface area contributed by atoms with Gasteiger partial charge in [0.25, 0.3) is 0 Å². The van der Waals surface area contributed by atoms with Gasteiger partial charge in [0.15, 0.2) is 0 Å². The Kier molecular flexibility index (Phi) is 7.18. The Hall–Kier alpha value is -1.36. The average Bonchev–Trinajstić information content (AvgIpc) is 2.44. The standard InChI is InChI=1S/C14H20O4S/c1-11(10-14(15)17-3)19-9-8-18-13-6-4-12(16-2)5-7-13/h4-7,11H,8-10H2,1-3H3. The van der Waals surface area contributed by atoms with Crippen molar-refractivity contribution in [2.45, 2.75) is 18.6 Å². The van der Waals surface area contributed by atoms with Crippen molar-refractivity contribution in [3.05, 3.63) is 24.3 Å². The lowest BCUT2D eigenvalue weighted by molar-refractivity contribution is -0.140. The van der Waals surface area contributed by atoms with Crippen molar-refractivity contribution in [3.63, 3.8) is 0 Å². The first-order valence-corrected chi connectivity index (χ1v) is 7.16. The lowest BCUT2D eigenvalue weighted by Crippen LogP contribution is -2.11. The lowest BCUT2D eigenvalue weighted by atomic mass is 10.3. The first-order valence-electron chi connectivity index (χ1n) is 6.11. The van der Waals surface area contributed by atoms with Gasteiger partial charge in [0.2, 0.25) is 0 Å². The van der Waals surface area contributed by atoms with Crippen LogP contribution in [0.15, 0.2) is 24.3 Å². The maximum absolute atomic E-state index is 11.1. The van der Waals surface area contributed by atoms with E-state index in [1.807, 2.05) is 31.2 Å². The number of carbonyl (C=O) groups is 1. The molecule has 1 atom stereocenters. The highest BCUT2D eigenvalue weighted by atomic mass is 32.2. The first-order chi connectivity index (χ1) is 9.15. The molecule has 0 saturated heterocycles. The fraction of sp³-hybridized carbons (Fsp3) is 0.500. The van der Waals surface area contributed by atoms with E-state index in [0.717, 1.165) is 17.3 Å². The van der Waals surface area contributed by atoms with E-state index in [1.54, 1.807) is 18.9 Å². The maximum atomic E-state index is 11.1. The van der Waals surface area contributed by atoms with Crippen LogP contribution >= 0.6 is 11.8 Å². The molecule has 0 heterocycles. The van der Waals surface area contributed by atoms with Gasteiger partial charge in [0.1, 0.15) is 11.5 Å². The molecule has 0 bridgehead atoms. The summed E-state index contributed by atoms with van der Waals surface area (Å²) in [7, 11) is 3.04. The smallest absolute Gasteiger partial charge is 0.306 e. The summed E-state index contributed by atoms with van der Waals surface area (Å²) < 4.78 is 15.3. The highest BCUT2D eigenvalue weighted by Gasteiger charge is 2.09. The summed E-state index contributed by atoms with van der Waals surface area (Å²) in [6.07, 6.45) is 0.434. The third kappa shape index (κ3) is 6.38. The van der Waals surface area contributed by atoms with Crippen LogP contribution < -0.4 is 9.47 Å². The Morgan fingerprint density at radius 1 is 1.21 bits per heavy atom. The van der Waals surface area contributed by atoms with Gasteiger partial charge in [0.05, 0.1) is 27.2 Å². The van der Waals surface area contributed by atoms with Gasteiger partial charge in [-0.25, -0.2) is 0 Å². The molecule has 0 aliphatic carbocycles. The third-order valence-corrected chi connectivity index (χ3v) is 3.63. The molecule has 0 spiro atoms. The van der Waals surface area contributed by atoms with Gasteiger partial charge in [-0.1, -0.05) is 6.92 Å². The van der Waals surface area contributed by atoms with Crippen molar-refractivity contribution in [1.82, 2.24) is 0 Å². The molecular weight excluding hydrogens is 264 g/mol. The number of thioether (sulfide) groups is 1. The van der Waals surface area contributed by atoms with Crippen LogP contribution in [-0.2, 0) is 9.53 Å². The largest absolute Gasteiger partial charge is 0.497 e. The first kappa shape index (κ1) is 15.7. The average molecular weight is 284 g/mol. The minimum atomic E-state index is -0.170. The Labute approximate surface area is 118 Å². The summed E-state index contributed by atoms with van der Waals surface area (Å²) in [6.45, 7) is 2.62. The quantitative estimate of drug-likeness (QED) is 0.542. The van der Waals surface area contributed by atoms with Crippen LogP contribution in [0.1, 0.15) is 13.3 Å². The molecular formula is C14H20O4S. The highest BCUT2D eigenvalue weighted by Crippen LogP contribution is 2.18. The van der Waals surface area contributed by atoms with Crippen molar-refractivity contribution in [2.24, 2.45) is 0 Å². The molecule has 0 aliphatic heterocycles. The van der Waals surface area contributed by atoms with E-state index in [4.69, 9.17) is 9.47 Å². The van der Waals surface area contributed by atoms with Crippen molar-refractivity contribution < 1.29 is 19.0 Å². The maximum Gasteiger partial charge on any atom is 0.306 e. The molecule has 0 fully saturated rings. The molecule has 0 amide bonds. The van der Waals surface area contributed by atoms with Gasteiger partial charge < -0.3 is 14.2 Å². The minimum absolute atomic E-state index is 0.170. The van der Waals surface area contributed by atoms with Crippen LogP contribution in [0.25, 0.3) is 0 Å².